The van der Waals surface area contributed by atoms with Gasteiger partial charge in [0.2, 0.25) is 5.56 Å². The molecule has 0 saturated carbocycles. The first kappa shape index (κ1) is 14.6. The van der Waals surface area contributed by atoms with Crippen LogP contribution in [0.1, 0.15) is 21.7 Å². The average molecular weight is 310 g/mol. The summed E-state index contributed by atoms with van der Waals surface area (Å²) in [5.41, 5.74) is 1.87. The second-order valence-corrected chi connectivity index (χ2v) is 5.00. The Balaban J connectivity index is 1.85. The summed E-state index contributed by atoms with van der Waals surface area (Å²) in [5.74, 6) is 0.528. The molecular weight excluding hydrogens is 296 g/mol. The van der Waals surface area contributed by atoms with E-state index in [2.05, 4.69) is 25.4 Å². The van der Waals surface area contributed by atoms with E-state index in [1.165, 1.54) is 24.7 Å². The van der Waals surface area contributed by atoms with Gasteiger partial charge >= 0.3 is 0 Å². The minimum Gasteiger partial charge on any atom is -0.328 e. The second-order valence-electron chi connectivity index (χ2n) is 5.00. The van der Waals surface area contributed by atoms with Crippen molar-refractivity contribution in [3.8, 4) is 5.82 Å². The molecule has 0 aliphatic heterocycles. The maximum absolute atomic E-state index is 12.1. The highest BCUT2D eigenvalue weighted by molar-refractivity contribution is 6.03. The van der Waals surface area contributed by atoms with Crippen molar-refractivity contribution in [1.29, 1.82) is 0 Å². The predicted octanol–water partition coefficient (Wildman–Crippen LogP) is 1.22. The van der Waals surface area contributed by atoms with E-state index in [0.717, 1.165) is 11.4 Å². The zero-order valence-corrected chi connectivity index (χ0v) is 12.6. The number of amides is 1. The van der Waals surface area contributed by atoms with Crippen molar-refractivity contribution in [1.82, 2.24) is 24.7 Å². The summed E-state index contributed by atoms with van der Waals surface area (Å²) in [6, 6.07) is 6.29. The highest BCUT2D eigenvalue weighted by Gasteiger charge is 2.10. The molecule has 8 nitrogen and oxygen atoms in total. The molecule has 3 aromatic rings. The van der Waals surface area contributed by atoms with Crippen molar-refractivity contribution in [2.24, 2.45) is 0 Å². The van der Waals surface area contributed by atoms with Crippen LogP contribution in [0.3, 0.4) is 0 Å². The van der Waals surface area contributed by atoms with Gasteiger partial charge in [0.05, 0.1) is 11.3 Å². The van der Waals surface area contributed by atoms with Gasteiger partial charge in [-0.05, 0) is 26.0 Å². The lowest BCUT2D eigenvalue weighted by atomic mass is 10.2. The SMILES string of the molecule is Cc1cc(C)n(-c2cc(NC(=O)c3ccc(=O)[nH]c3)ncn2)n1. The lowest BCUT2D eigenvalue weighted by Gasteiger charge is -2.07. The Morgan fingerprint density at radius 2 is 2.04 bits per heavy atom. The third-order valence-electron chi connectivity index (χ3n) is 3.17. The first-order chi connectivity index (χ1) is 11.0. The molecule has 3 aromatic heterocycles. The largest absolute Gasteiger partial charge is 0.328 e. The van der Waals surface area contributed by atoms with E-state index >= 15 is 0 Å². The van der Waals surface area contributed by atoms with Crippen molar-refractivity contribution in [2.75, 3.05) is 5.32 Å². The van der Waals surface area contributed by atoms with E-state index in [-0.39, 0.29) is 11.5 Å². The Labute approximate surface area is 131 Å². The Morgan fingerprint density at radius 1 is 1.22 bits per heavy atom. The monoisotopic (exact) mass is 310 g/mol. The van der Waals surface area contributed by atoms with Crippen molar-refractivity contribution in [3.63, 3.8) is 0 Å². The molecule has 0 bridgehead atoms. The highest BCUT2D eigenvalue weighted by Crippen LogP contribution is 2.12. The number of H-pyrrole nitrogens is 1. The molecule has 116 valence electrons. The molecule has 1 amide bonds. The minimum absolute atomic E-state index is 0.268. The summed E-state index contributed by atoms with van der Waals surface area (Å²) >= 11 is 0. The summed E-state index contributed by atoms with van der Waals surface area (Å²) in [6.07, 6.45) is 2.70. The van der Waals surface area contributed by atoms with E-state index in [1.54, 1.807) is 10.7 Å². The average Bonchev–Trinajstić information content (AvgIpc) is 2.87. The predicted molar refractivity (Wildman–Crippen MR) is 83.6 cm³/mol. The van der Waals surface area contributed by atoms with Crippen LogP contribution in [0.15, 0.2) is 41.6 Å². The Hall–Kier alpha value is -3.29. The molecule has 0 spiro atoms. The van der Waals surface area contributed by atoms with Gasteiger partial charge < -0.3 is 10.3 Å². The van der Waals surface area contributed by atoms with Gasteiger partial charge in [-0.15, -0.1) is 0 Å². The summed E-state index contributed by atoms with van der Waals surface area (Å²) in [6.45, 7) is 3.81. The molecule has 8 heteroatoms. The van der Waals surface area contributed by atoms with E-state index in [4.69, 9.17) is 0 Å². The van der Waals surface area contributed by atoms with Gasteiger partial charge in [-0.25, -0.2) is 14.6 Å². The fourth-order valence-corrected chi connectivity index (χ4v) is 2.13. The van der Waals surface area contributed by atoms with E-state index < -0.39 is 0 Å². The van der Waals surface area contributed by atoms with Crippen LogP contribution in [-0.2, 0) is 0 Å². The molecule has 0 radical (unpaired) electrons. The molecule has 0 aromatic carbocycles. The summed E-state index contributed by atoms with van der Waals surface area (Å²) in [5, 5.41) is 7.00. The normalized spacial score (nSPS) is 10.5. The van der Waals surface area contributed by atoms with Gasteiger partial charge in [0.25, 0.3) is 5.91 Å². The van der Waals surface area contributed by atoms with Gasteiger partial charge in [-0.2, -0.15) is 5.10 Å². The number of carbonyl (C=O) groups is 1. The molecule has 0 aliphatic rings. The lowest BCUT2D eigenvalue weighted by Crippen LogP contribution is -2.16. The highest BCUT2D eigenvalue weighted by atomic mass is 16.2. The van der Waals surface area contributed by atoms with Gasteiger partial charge in [-0.3, -0.25) is 9.59 Å². The topological polar surface area (TPSA) is 106 Å². The van der Waals surface area contributed by atoms with Gasteiger partial charge in [-0.1, -0.05) is 0 Å². The second kappa shape index (κ2) is 5.84. The number of hydrogen-bond donors (Lipinski definition) is 2. The Kier molecular flexibility index (Phi) is 3.71. The number of hydrogen-bond acceptors (Lipinski definition) is 5. The molecule has 0 aliphatic carbocycles. The minimum atomic E-state index is -0.376. The Bertz CT molecular complexity index is 907. The zero-order chi connectivity index (χ0) is 16.4. The van der Waals surface area contributed by atoms with E-state index in [1.807, 2.05) is 19.9 Å². The van der Waals surface area contributed by atoms with Crippen LogP contribution >= 0.6 is 0 Å². The first-order valence-corrected chi connectivity index (χ1v) is 6.89. The molecule has 3 heterocycles. The molecule has 0 saturated heterocycles. The number of nitrogens with zero attached hydrogens (tertiary/aromatic N) is 4. The lowest BCUT2D eigenvalue weighted by molar-refractivity contribution is 0.102. The fourth-order valence-electron chi connectivity index (χ4n) is 2.13. The molecule has 23 heavy (non-hydrogen) atoms. The van der Waals surface area contributed by atoms with Crippen LogP contribution in [0.25, 0.3) is 5.82 Å². The third kappa shape index (κ3) is 3.15. The standard InChI is InChI=1S/C15H14N6O2/c1-9-5-10(2)21(20-9)13-6-12(17-8-18-13)19-15(23)11-3-4-14(22)16-7-11/h3-8H,1-2H3,(H,16,22)(H,17,18,19,23). The van der Waals surface area contributed by atoms with Crippen molar-refractivity contribution in [3.05, 3.63) is 64.1 Å². The number of carbonyl (C=O) groups excluding carboxylic acids is 1. The number of aromatic amines is 1. The van der Waals surface area contributed by atoms with Crippen LogP contribution in [0.2, 0.25) is 0 Å². The molecule has 3 rings (SSSR count). The zero-order valence-electron chi connectivity index (χ0n) is 12.6. The van der Waals surface area contributed by atoms with Crippen LogP contribution in [0.4, 0.5) is 5.82 Å². The van der Waals surface area contributed by atoms with E-state index in [9.17, 15) is 9.59 Å². The molecule has 2 N–H and O–H groups in total. The smallest absolute Gasteiger partial charge is 0.258 e. The van der Waals surface area contributed by atoms with E-state index in [0.29, 0.717) is 17.2 Å². The molecule has 0 unspecified atom stereocenters. The van der Waals surface area contributed by atoms with Gasteiger partial charge in [0.1, 0.15) is 12.1 Å². The van der Waals surface area contributed by atoms with Crippen LogP contribution in [0.5, 0.6) is 0 Å². The van der Waals surface area contributed by atoms with Gasteiger partial charge in [0, 0.05) is 24.0 Å². The molecule has 0 fully saturated rings. The number of pyridine rings is 1. The van der Waals surface area contributed by atoms with Crippen LogP contribution in [-0.4, -0.2) is 30.6 Å². The maximum Gasteiger partial charge on any atom is 0.258 e. The third-order valence-corrected chi connectivity index (χ3v) is 3.17. The summed E-state index contributed by atoms with van der Waals surface area (Å²) < 4.78 is 1.67. The number of nitrogens with one attached hydrogen (secondary N) is 2. The van der Waals surface area contributed by atoms with Gasteiger partial charge in [0.15, 0.2) is 5.82 Å². The first-order valence-electron chi connectivity index (χ1n) is 6.89. The number of rotatable bonds is 3. The fraction of sp³-hybridized carbons (Fsp3) is 0.133. The summed E-state index contributed by atoms with van der Waals surface area (Å²) in [4.78, 5) is 33.8. The molecule has 0 atom stereocenters. The number of aromatic nitrogens is 5. The van der Waals surface area contributed by atoms with Crippen molar-refractivity contribution >= 4 is 11.7 Å². The number of anilines is 1. The van der Waals surface area contributed by atoms with Crippen LogP contribution in [0, 0.1) is 13.8 Å². The maximum atomic E-state index is 12.1. The van der Waals surface area contributed by atoms with Crippen molar-refractivity contribution in [2.45, 2.75) is 13.8 Å². The quantitative estimate of drug-likeness (QED) is 0.756. The molecular formula is C15H14N6O2. The van der Waals surface area contributed by atoms with Crippen molar-refractivity contribution < 1.29 is 4.79 Å². The Morgan fingerprint density at radius 3 is 2.70 bits per heavy atom. The summed E-state index contributed by atoms with van der Waals surface area (Å²) in [7, 11) is 0. The van der Waals surface area contributed by atoms with Crippen LogP contribution < -0.4 is 10.9 Å². The number of aryl methyl sites for hydroxylation is 2.